The molecule has 1 N–H and O–H groups in total. The van der Waals surface area contributed by atoms with Crippen LogP contribution in [0.2, 0.25) is 0 Å². The Hall–Kier alpha value is -2.13. The summed E-state index contributed by atoms with van der Waals surface area (Å²) in [6.45, 7) is 3.83. The largest absolute Gasteiger partial charge is 0.281 e. The molecular formula is C19H25N5S. The number of hydrogen-bond donors (Lipinski definition) is 1. The van der Waals surface area contributed by atoms with Crippen LogP contribution in [0.1, 0.15) is 51.5 Å². The Morgan fingerprint density at radius 1 is 1.16 bits per heavy atom. The van der Waals surface area contributed by atoms with E-state index in [4.69, 9.17) is 10.3 Å². The van der Waals surface area contributed by atoms with Crippen molar-refractivity contribution in [2.45, 2.75) is 52.0 Å². The van der Waals surface area contributed by atoms with Crippen molar-refractivity contribution in [1.82, 2.24) is 5.32 Å². The summed E-state index contributed by atoms with van der Waals surface area (Å²) in [7, 11) is 1.81. The predicted octanol–water partition coefficient (Wildman–Crippen LogP) is 4.67. The molecule has 0 aliphatic heterocycles. The molecule has 0 amide bonds. The summed E-state index contributed by atoms with van der Waals surface area (Å²) >= 11 is 1.63. The molecule has 0 aromatic heterocycles. The lowest BCUT2D eigenvalue weighted by Crippen LogP contribution is -2.12. The Bertz CT molecular complexity index is 692. The van der Waals surface area contributed by atoms with E-state index in [9.17, 15) is 0 Å². The maximum absolute atomic E-state index is 8.59. The van der Waals surface area contributed by atoms with Crippen LogP contribution in [0, 0.1) is 11.5 Å². The number of nitrogens with zero attached hydrogens (tertiary/aromatic N) is 4. The molecule has 0 atom stereocenters. The molecule has 0 saturated heterocycles. The van der Waals surface area contributed by atoms with Crippen LogP contribution < -0.4 is 5.32 Å². The Balaban J connectivity index is 2.04. The van der Waals surface area contributed by atoms with Crippen LogP contribution >= 0.6 is 11.8 Å². The molecule has 1 aliphatic carbocycles. The summed E-state index contributed by atoms with van der Waals surface area (Å²) < 4.78 is 0. The van der Waals surface area contributed by atoms with Crippen molar-refractivity contribution in [2.24, 2.45) is 15.0 Å². The summed E-state index contributed by atoms with van der Waals surface area (Å²) in [5, 5.41) is 13.1. The van der Waals surface area contributed by atoms with Crippen molar-refractivity contribution in [3.63, 3.8) is 0 Å². The van der Waals surface area contributed by atoms with E-state index in [0.29, 0.717) is 11.9 Å². The minimum Gasteiger partial charge on any atom is -0.281 e. The van der Waals surface area contributed by atoms with Gasteiger partial charge in [-0.1, -0.05) is 43.2 Å². The Morgan fingerprint density at radius 3 is 2.44 bits per heavy atom. The number of nitrogens with one attached hydrogen (secondary N) is 1. The summed E-state index contributed by atoms with van der Waals surface area (Å²) in [5.74, 6) is 0.574. The SMILES string of the molecule is CN=C(SC(C)=NC1CCCCC1)c1ccc(N=C(C)NC#N)cc1. The van der Waals surface area contributed by atoms with Crippen LogP contribution in [0.5, 0.6) is 0 Å². The molecule has 25 heavy (non-hydrogen) atoms. The second kappa shape index (κ2) is 10.00. The lowest BCUT2D eigenvalue weighted by Gasteiger charge is -2.18. The van der Waals surface area contributed by atoms with Gasteiger partial charge in [-0.15, -0.1) is 0 Å². The average molecular weight is 356 g/mol. The number of benzene rings is 1. The summed E-state index contributed by atoms with van der Waals surface area (Å²) in [6.07, 6.45) is 8.21. The fourth-order valence-electron chi connectivity index (χ4n) is 2.85. The van der Waals surface area contributed by atoms with Crippen molar-refractivity contribution in [1.29, 1.82) is 5.26 Å². The zero-order valence-corrected chi connectivity index (χ0v) is 15.9. The van der Waals surface area contributed by atoms with Gasteiger partial charge >= 0.3 is 0 Å². The smallest absolute Gasteiger partial charge is 0.182 e. The Kier molecular flexibility index (Phi) is 7.68. The van der Waals surface area contributed by atoms with Gasteiger partial charge in [0.1, 0.15) is 10.9 Å². The second-order valence-electron chi connectivity index (χ2n) is 6.05. The zero-order valence-electron chi connectivity index (χ0n) is 15.1. The van der Waals surface area contributed by atoms with Gasteiger partial charge in [-0.05, 0) is 38.8 Å². The van der Waals surface area contributed by atoms with Gasteiger partial charge < -0.3 is 0 Å². The highest BCUT2D eigenvalue weighted by atomic mass is 32.2. The monoisotopic (exact) mass is 355 g/mol. The van der Waals surface area contributed by atoms with Crippen molar-refractivity contribution < 1.29 is 0 Å². The van der Waals surface area contributed by atoms with Gasteiger partial charge in [0.25, 0.3) is 0 Å². The van der Waals surface area contributed by atoms with Crippen LogP contribution in [0.3, 0.4) is 0 Å². The van der Waals surface area contributed by atoms with E-state index in [2.05, 4.69) is 22.2 Å². The average Bonchev–Trinajstić information content (AvgIpc) is 2.61. The zero-order chi connectivity index (χ0) is 18.1. The first-order valence-electron chi connectivity index (χ1n) is 8.62. The van der Waals surface area contributed by atoms with E-state index in [1.54, 1.807) is 18.7 Å². The normalized spacial score (nSPS) is 17.3. The van der Waals surface area contributed by atoms with Crippen LogP contribution in [0.25, 0.3) is 0 Å². The van der Waals surface area contributed by atoms with Crippen LogP contribution in [0.4, 0.5) is 5.69 Å². The molecule has 6 heteroatoms. The summed E-state index contributed by atoms with van der Waals surface area (Å²) in [4.78, 5) is 13.6. The van der Waals surface area contributed by atoms with E-state index in [1.807, 2.05) is 37.5 Å². The first-order chi connectivity index (χ1) is 12.1. The molecule has 132 valence electrons. The number of thioether (sulfide) groups is 1. The van der Waals surface area contributed by atoms with Gasteiger partial charge in [-0.2, -0.15) is 5.26 Å². The molecule has 1 saturated carbocycles. The molecule has 0 spiro atoms. The van der Waals surface area contributed by atoms with Gasteiger partial charge in [0.05, 0.1) is 16.8 Å². The first kappa shape index (κ1) is 19.2. The lowest BCUT2D eigenvalue weighted by molar-refractivity contribution is 0.444. The Labute approximate surface area is 154 Å². The maximum Gasteiger partial charge on any atom is 0.182 e. The Morgan fingerprint density at radius 2 is 1.84 bits per heavy atom. The maximum atomic E-state index is 8.59. The number of amidine groups is 1. The summed E-state index contributed by atoms with van der Waals surface area (Å²) in [5.41, 5.74) is 1.85. The number of hydrogen-bond acceptors (Lipinski definition) is 5. The quantitative estimate of drug-likeness (QED) is 0.371. The molecule has 2 rings (SSSR count). The molecule has 1 fully saturated rings. The van der Waals surface area contributed by atoms with Gasteiger partial charge in [-0.25, -0.2) is 4.99 Å². The molecule has 1 aromatic carbocycles. The fraction of sp³-hybridized carbons (Fsp3) is 0.474. The molecule has 1 aliphatic rings. The minimum atomic E-state index is 0.478. The topological polar surface area (TPSA) is 72.9 Å². The minimum absolute atomic E-state index is 0.478. The molecular weight excluding hydrogens is 330 g/mol. The number of aliphatic imine (C=N–C) groups is 3. The van der Waals surface area contributed by atoms with Gasteiger partial charge in [0.2, 0.25) is 0 Å². The highest BCUT2D eigenvalue weighted by molar-refractivity contribution is 8.27. The number of rotatable bonds is 3. The highest BCUT2D eigenvalue weighted by Gasteiger charge is 2.13. The van der Waals surface area contributed by atoms with E-state index in [0.717, 1.165) is 21.3 Å². The van der Waals surface area contributed by atoms with E-state index < -0.39 is 0 Å². The van der Waals surface area contributed by atoms with Crippen LogP contribution in [0.15, 0.2) is 39.2 Å². The van der Waals surface area contributed by atoms with Gasteiger partial charge in [-0.3, -0.25) is 15.3 Å². The van der Waals surface area contributed by atoms with Gasteiger partial charge in [0, 0.05) is 12.6 Å². The van der Waals surface area contributed by atoms with E-state index in [1.165, 1.54) is 32.1 Å². The van der Waals surface area contributed by atoms with Crippen molar-refractivity contribution >= 4 is 33.4 Å². The highest BCUT2D eigenvalue weighted by Crippen LogP contribution is 2.24. The molecule has 0 unspecified atom stereocenters. The second-order valence-corrected chi connectivity index (χ2v) is 7.23. The molecule has 5 nitrogen and oxygen atoms in total. The summed E-state index contributed by atoms with van der Waals surface area (Å²) in [6, 6.07) is 8.34. The molecule has 0 bridgehead atoms. The van der Waals surface area contributed by atoms with E-state index >= 15 is 0 Å². The first-order valence-corrected chi connectivity index (χ1v) is 9.44. The van der Waals surface area contributed by atoms with E-state index in [-0.39, 0.29) is 0 Å². The number of nitriles is 1. The molecule has 1 aromatic rings. The van der Waals surface area contributed by atoms with Crippen molar-refractivity contribution in [3.05, 3.63) is 29.8 Å². The van der Waals surface area contributed by atoms with Crippen molar-refractivity contribution in [2.75, 3.05) is 7.05 Å². The fourth-order valence-corrected chi connectivity index (χ4v) is 3.68. The van der Waals surface area contributed by atoms with Crippen molar-refractivity contribution in [3.8, 4) is 6.19 Å². The third kappa shape index (κ3) is 6.35. The molecule has 0 heterocycles. The third-order valence-electron chi connectivity index (χ3n) is 4.03. The van der Waals surface area contributed by atoms with Gasteiger partial charge in [0.15, 0.2) is 6.19 Å². The molecule has 0 radical (unpaired) electrons. The predicted molar refractivity (Wildman–Crippen MR) is 108 cm³/mol. The van der Waals surface area contributed by atoms with Crippen LogP contribution in [-0.4, -0.2) is 29.0 Å². The standard InChI is InChI=1S/C19H25N5S/c1-14(22-13-20)23-18-11-9-16(10-12-18)19(21-3)25-15(2)24-17-7-5-4-6-8-17/h9-12,17H,4-8H2,1-3H3,(H,22,23). The lowest BCUT2D eigenvalue weighted by atomic mass is 9.96. The van der Waals surface area contributed by atoms with Crippen LogP contribution in [-0.2, 0) is 0 Å². The third-order valence-corrected chi connectivity index (χ3v) is 5.05.